The number of rotatable bonds is 3. The van der Waals surface area contributed by atoms with Gasteiger partial charge in [-0.15, -0.1) is 11.3 Å². The van der Waals surface area contributed by atoms with Crippen LogP contribution in [-0.2, 0) is 6.18 Å². The van der Waals surface area contributed by atoms with Crippen LogP contribution in [0, 0.1) is 17.0 Å². The van der Waals surface area contributed by atoms with Crippen LogP contribution >= 0.6 is 11.3 Å². The zero-order valence-corrected chi connectivity index (χ0v) is 11.9. The van der Waals surface area contributed by atoms with Crippen LogP contribution in [0.3, 0.4) is 0 Å². The van der Waals surface area contributed by atoms with E-state index >= 15 is 0 Å². The number of amides is 1. The number of alkyl halides is 3. The van der Waals surface area contributed by atoms with Gasteiger partial charge in [0.05, 0.1) is 9.80 Å². The second-order valence-corrected chi connectivity index (χ2v) is 5.64. The average molecular weight is 330 g/mol. The van der Waals surface area contributed by atoms with E-state index in [0.717, 1.165) is 17.0 Å². The number of anilines is 1. The van der Waals surface area contributed by atoms with Gasteiger partial charge in [0.25, 0.3) is 11.6 Å². The average Bonchev–Trinajstić information content (AvgIpc) is 2.84. The van der Waals surface area contributed by atoms with Crippen molar-refractivity contribution in [2.75, 3.05) is 5.32 Å². The number of nitro groups is 1. The van der Waals surface area contributed by atoms with Gasteiger partial charge in [-0.3, -0.25) is 14.9 Å². The van der Waals surface area contributed by atoms with Gasteiger partial charge in [0.15, 0.2) is 0 Å². The molecule has 0 atom stereocenters. The van der Waals surface area contributed by atoms with E-state index in [0.29, 0.717) is 10.9 Å². The number of nitrogens with zero attached hydrogens (tertiary/aromatic N) is 1. The maximum atomic E-state index is 12.8. The molecule has 9 heteroatoms. The highest BCUT2D eigenvalue weighted by Gasteiger charge is 2.38. The number of benzene rings is 1. The van der Waals surface area contributed by atoms with Crippen molar-refractivity contribution in [1.29, 1.82) is 0 Å². The van der Waals surface area contributed by atoms with Gasteiger partial charge in [-0.25, -0.2) is 0 Å². The molecular formula is C13H9F3N2O3S. The van der Waals surface area contributed by atoms with Crippen LogP contribution in [0.25, 0.3) is 0 Å². The smallest absolute Gasteiger partial charge is 0.321 e. The number of nitrogens with one attached hydrogen (secondary N) is 1. The van der Waals surface area contributed by atoms with Crippen molar-refractivity contribution in [3.05, 3.63) is 55.8 Å². The molecule has 22 heavy (non-hydrogen) atoms. The maximum Gasteiger partial charge on any atom is 0.423 e. The number of carbonyl (C=O) groups excluding carboxylic acids is 1. The SMILES string of the molecule is Cc1ccc(C(=O)Nc2ccc([N+](=O)[O-])c(C(F)(F)F)c2)s1. The molecule has 0 bridgehead atoms. The summed E-state index contributed by atoms with van der Waals surface area (Å²) in [5.41, 5.74) is -2.62. The first kappa shape index (κ1) is 16.0. The summed E-state index contributed by atoms with van der Waals surface area (Å²) in [5.74, 6) is -0.569. The van der Waals surface area contributed by atoms with Crippen LogP contribution in [0.4, 0.5) is 24.5 Å². The molecule has 1 amide bonds. The fourth-order valence-corrected chi connectivity index (χ4v) is 2.51. The minimum Gasteiger partial charge on any atom is -0.321 e. The summed E-state index contributed by atoms with van der Waals surface area (Å²) < 4.78 is 38.5. The number of hydrogen-bond donors (Lipinski definition) is 1. The molecular weight excluding hydrogens is 321 g/mol. The molecule has 1 heterocycles. The minimum atomic E-state index is -4.89. The second-order valence-electron chi connectivity index (χ2n) is 4.35. The number of halogens is 3. The molecule has 0 radical (unpaired) electrons. The Hall–Kier alpha value is -2.42. The normalized spacial score (nSPS) is 11.3. The van der Waals surface area contributed by atoms with Crippen LogP contribution in [0.5, 0.6) is 0 Å². The lowest BCUT2D eigenvalue weighted by Crippen LogP contribution is -2.13. The van der Waals surface area contributed by atoms with E-state index in [1.54, 1.807) is 19.1 Å². The Balaban J connectivity index is 2.33. The van der Waals surface area contributed by atoms with E-state index in [4.69, 9.17) is 0 Å². The predicted octanol–water partition coefficient (Wildman–Crippen LogP) is 4.24. The monoisotopic (exact) mass is 330 g/mol. The van der Waals surface area contributed by atoms with Crippen LogP contribution in [0.2, 0.25) is 0 Å². The fraction of sp³-hybridized carbons (Fsp3) is 0.154. The molecule has 0 aliphatic rings. The Morgan fingerprint density at radius 2 is 1.95 bits per heavy atom. The van der Waals surface area contributed by atoms with Crippen LogP contribution in [0.1, 0.15) is 20.1 Å². The van der Waals surface area contributed by atoms with Gasteiger partial charge >= 0.3 is 6.18 Å². The van der Waals surface area contributed by atoms with E-state index in [1.165, 1.54) is 11.3 Å². The molecule has 0 aliphatic heterocycles. The Morgan fingerprint density at radius 1 is 1.27 bits per heavy atom. The number of thiophene rings is 1. The number of hydrogen-bond acceptors (Lipinski definition) is 4. The van der Waals surface area contributed by atoms with E-state index in [9.17, 15) is 28.1 Å². The summed E-state index contributed by atoms with van der Waals surface area (Å²) in [4.78, 5) is 22.6. The van der Waals surface area contributed by atoms with Gasteiger partial charge in [-0.2, -0.15) is 13.2 Å². The van der Waals surface area contributed by atoms with Crippen molar-refractivity contribution in [2.45, 2.75) is 13.1 Å². The highest BCUT2D eigenvalue weighted by molar-refractivity contribution is 7.14. The fourth-order valence-electron chi connectivity index (χ4n) is 1.75. The summed E-state index contributed by atoms with van der Waals surface area (Å²) in [6.07, 6.45) is -4.89. The Labute approximate surface area is 126 Å². The summed E-state index contributed by atoms with van der Waals surface area (Å²) in [5, 5.41) is 12.9. The zero-order valence-electron chi connectivity index (χ0n) is 11.1. The lowest BCUT2D eigenvalue weighted by molar-refractivity contribution is -0.388. The van der Waals surface area contributed by atoms with Crippen LogP contribution in [0.15, 0.2) is 30.3 Å². The summed E-state index contributed by atoms with van der Waals surface area (Å²) in [6, 6.07) is 5.59. The maximum absolute atomic E-state index is 12.8. The van der Waals surface area contributed by atoms with E-state index < -0.39 is 28.3 Å². The molecule has 1 N–H and O–H groups in total. The first-order valence-corrected chi connectivity index (χ1v) is 6.73. The third kappa shape index (κ3) is 3.42. The highest BCUT2D eigenvalue weighted by atomic mass is 32.1. The molecule has 0 spiro atoms. The van der Waals surface area contributed by atoms with Crippen molar-refractivity contribution < 1.29 is 22.9 Å². The zero-order chi connectivity index (χ0) is 16.5. The van der Waals surface area contributed by atoms with E-state index in [2.05, 4.69) is 5.32 Å². The molecule has 2 aromatic rings. The number of carbonyl (C=O) groups is 1. The first-order valence-electron chi connectivity index (χ1n) is 5.92. The minimum absolute atomic E-state index is 0.158. The Morgan fingerprint density at radius 3 is 2.45 bits per heavy atom. The molecule has 0 saturated carbocycles. The largest absolute Gasteiger partial charge is 0.423 e. The van der Waals surface area contributed by atoms with E-state index in [-0.39, 0.29) is 5.69 Å². The van der Waals surface area contributed by atoms with Crippen molar-refractivity contribution >= 4 is 28.6 Å². The van der Waals surface area contributed by atoms with Gasteiger partial charge in [0.1, 0.15) is 5.56 Å². The van der Waals surface area contributed by atoms with Crippen LogP contribution < -0.4 is 5.32 Å². The standard InChI is InChI=1S/C13H9F3N2O3S/c1-7-2-5-11(22-7)12(19)17-8-3-4-10(18(20)21)9(6-8)13(14,15)16/h2-6H,1H3,(H,17,19). The molecule has 0 unspecified atom stereocenters. The highest BCUT2D eigenvalue weighted by Crippen LogP contribution is 2.37. The summed E-state index contributed by atoms with van der Waals surface area (Å²) >= 11 is 1.19. The Kier molecular flexibility index (Phi) is 4.18. The molecule has 0 aliphatic carbocycles. The molecule has 116 valence electrons. The first-order chi connectivity index (χ1) is 10.2. The quantitative estimate of drug-likeness (QED) is 0.676. The van der Waals surface area contributed by atoms with Crippen molar-refractivity contribution in [3.63, 3.8) is 0 Å². The molecule has 1 aromatic carbocycles. The molecule has 0 saturated heterocycles. The summed E-state index contributed by atoms with van der Waals surface area (Å²) in [7, 11) is 0. The molecule has 0 fully saturated rings. The van der Waals surface area contributed by atoms with Crippen LogP contribution in [-0.4, -0.2) is 10.8 Å². The van der Waals surface area contributed by atoms with Crippen molar-refractivity contribution in [3.8, 4) is 0 Å². The molecule has 5 nitrogen and oxygen atoms in total. The molecule has 2 rings (SSSR count). The number of nitro benzene ring substituents is 1. The van der Waals surface area contributed by atoms with Crippen molar-refractivity contribution in [1.82, 2.24) is 0 Å². The van der Waals surface area contributed by atoms with Crippen molar-refractivity contribution in [2.24, 2.45) is 0 Å². The second kappa shape index (κ2) is 5.76. The number of aryl methyl sites for hydroxylation is 1. The third-order valence-corrected chi connectivity index (χ3v) is 3.72. The van der Waals surface area contributed by atoms with Gasteiger partial charge < -0.3 is 5.32 Å². The lowest BCUT2D eigenvalue weighted by atomic mass is 10.1. The van der Waals surface area contributed by atoms with Gasteiger partial charge in [-0.05, 0) is 31.2 Å². The third-order valence-electron chi connectivity index (χ3n) is 2.72. The van der Waals surface area contributed by atoms with E-state index in [1.807, 2.05) is 0 Å². The molecule has 1 aromatic heterocycles. The Bertz CT molecular complexity index is 740. The topological polar surface area (TPSA) is 72.2 Å². The van der Waals surface area contributed by atoms with Gasteiger partial charge in [0, 0.05) is 16.6 Å². The summed E-state index contributed by atoms with van der Waals surface area (Å²) in [6.45, 7) is 1.79. The predicted molar refractivity (Wildman–Crippen MR) is 75.1 cm³/mol. The van der Waals surface area contributed by atoms with Gasteiger partial charge in [-0.1, -0.05) is 0 Å². The lowest BCUT2D eigenvalue weighted by Gasteiger charge is -2.10. The van der Waals surface area contributed by atoms with Gasteiger partial charge in [0.2, 0.25) is 0 Å².